The first-order valence-electron chi connectivity index (χ1n) is 6.75. The molecule has 0 bridgehead atoms. The Balaban J connectivity index is 1.78. The molecule has 1 heterocycles. The third-order valence-electron chi connectivity index (χ3n) is 3.37. The monoisotopic (exact) mass is 288 g/mol. The Kier molecular flexibility index (Phi) is 5.32. The number of thiophene rings is 1. The topological polar surface area (TPSA) is 32.3 Å². The summed E-state index contributed by atoms with van der Waals surface area (Å²) in [4.78, 5) is 15.4. The molecule has 1 aromatic carbocycles. The summed E-state index contributed by atoms with van der Waals surface area (Å²) >= 11 is 1.75. The van der Waals surface area contributed by atoms with E-state index in [-0.39, 0.29) is 5.91 Å². The van der Waals surface area contributed by atoms with Gasteiger partial charge in [0.15, 0.2) is 0 Å². The van der Waals surface area contributed by atoms with Gasteiger partial charge in [0.25, 0.3) is 0 Å². The number of carbonyl (C=O) groups excluding carboxylic acids is 1. The average molecular weight is 288 g/mol. The van der Waals surface area contributed by atoms with E-state index < -0.39 is 0 Å². The van der Waals surface area contributed by atoms with E-state index in [0.29, 0.717) is 12.5 Å². The molecule has 0 spiro atoms. The third kappa shape index (κ3) is 4.18. The highest BCUT2D eigenvalue weighted by atomic mass is 32.1. The Morgan fingerprint density at radius 3 is 2.65 bits per heavy atom. The molecule has 0 saturated carbocycles. The molecule has 0 aliphatic carbocycles. The fourth-order valence-corrected chi connectivity index (χ4v) is 2.81. The molecule has 20 heavy (non-hydrogen) atoms. The predicted molar refractivity (Wildman–Crippen MR) is 85.1 cm³/mol. The van der Waals surface area contributed by atoms with Crippen molar-refractivity contribution < 1.29 is 4.79 Å². The van der Waals surface area contributed by atoms with Crippen LogP contribution >= 0.6 is 11.3 Å². The molecular formula is C16H20N2OS. The summed E-state index contributed by atoms with van der Waals surface area (Å²) in [6, 6.07) is 14.1. The molecule has 0 radical (unpaired) electrons. The second-order valence-corrected chi connectivity index (χ2v) is 5.82. The second-order valence-electron chi connectivity index (χ2n) is 4.84. The van der Waals surface area contributed by atoms with Crippen molar-refractivity contribution in [3.05, 3.63) is 52.7 Å². The molecule has 1 unspecified atom stereocenters. The largest absolute Gasteiger partial charge is 0.326 e. The van der Waals surface area contributed by atoms with Crippen LogP contribution in [-0.2, 0) is 4.79 Å². The van der Waals surface area contributed by atoms with E-state index in [4.69, 9.17) is 0 Å². The molecule has 0 aliphatic heterocycles. The quantitative estimate of drug-likeness (QED) is 0.877. The van der Waals surface area contributed by atoms with Gasteiger partial charge in [0.2, 0.25) is 5.91 Å². The van der Waals surface area contributed by atoms with Crippen molar-refractivity contribution in [3.8, 4) is 0 Å². The number of nitrogens with zero attached hydrogens (tertiary/aromatic N) is 1. The van der Waals surface area contributed by atoms with Gasteiger partial charge in [-0.05, 0) is 37.6 Å². The number of nitrogens with one attached hydrogen (secondary N) is 1. The Morgan fingerprint density at radius 2 is 2.00 bits per heavy atom. The molecule has 3 nitrogen and oxygen atoms in total. The number of hydrogen-bond acceptors (Lipinski definition) is 3. The van der Waals surface area contributed by atoms with E-state index >= 15 is 0 Å². The van der Waals surface area contributed by atoms with E-state index in [1.807, 2.05) is 30.3 Å². The van der Waals surface area contributed by atoms with Crippen molar-refractivity contribution in [1.29, 1.82) is 0 Å². The SMILES string of the molecule is CC(c1cccs1)N(C)CCC(=O)Nc1ccccc1. The smallest absolute Gasteiger partial charge is 0.225 e. The van der Waals surface area contributed by atoms with Gasteiger partial charge < -0.3 is 5.32 Å². The Labute approximate surface area is 124 Å². The van der Waals surface area contributed by atoms with Crippen LogP contribution in [0, 0.1) is 0 Å². The Hall–Kier alpha value is -1.65. The lowest BCUT2D eigenvalue weighted by Gasteiger charge is -2.23. The molecule has 0 fully saturated rings. The van der Waals surface area contributed by atoms with Crippen molar-refractivity contribution in [2.24, 2.45) is 0 Å². The summed E-state index contributed by atoms with van der Waals surface area (Å²) in [5, 5.41) is 4.99. The minimum atomic E-state index is 0.0569. The van der Waals surface area contributed by atoms with Gasteiger partial charge >= 0.3 is 0 Å². The summed E-state index contributed by atoms with van der Waals surface area (Å²) in [6.07, 6.45) is 0.501. The lowest BCUT2D eigenvalue weighted by molar-refractivity contribution is -0.116. The van der Waals surface area contributed by atoms with Crippen LogP contribution in [0.2, 0.25) is 0 Å². The van der Waals surface area contributed by atoms with Crippen molar-refractivity contribution >= 4 is 22.9 Å². The van der Waals surface area contributed by atoms with E-state index in [1.54, 1.807) is 11.3 Å². The molecule has 2 rings (SSSR count). The molecule has 1 N–H and O–H groups in total. The van der Waals surface area contributed by atoms with Gasteiger partial charge in [0.1, 0.15) is 0 Å². The van der Waals surface area contributed by atoms with Gasteiger partial charge in [-0.3, -0.25) is 9.69 Å². The minimum Gasteiger partial charge on any atom is -0.326 e. The number of para-hydroxylation sites is 1. The fourth-order valence-electron chi connectivity index (χ4n) is 1.96. The Morgan fingerprint density at radius 1 is 1.25 bits per heavy atom. The maximum Gasteiger partial charge on any atom is 0.225 e. The van der Waals surface area contributed by atoms with Crippen LogP contribution < -0.4 is 5.32 Å². The normalized spacial score (nSPS) is 12.3. The van der Waals surface area contributed by atoms with Crippen LogP contribution in [-0.4, -0.2) is 24.4 Å². The first-order valence-corrected chi connectivity index (χ1v) is 7.63. The van der Waals surface area contributed by atoms with Crippen LogP contribution in [0.15, 0.2) is 47.8 Å². The van der Waals surface area contributed by atoms with Crippen LogP contribution in [0.3, 0.4) is 0 Å². The minimum absolute atomic E-state index is 0.0569. The standard InChI is InChI=1S/C16H20N2OS/c1-13(15-9-6-12-20-15)18(2)11-10-16(19)17-14-7-4-3-5-8-14/h3-9,12-13H,10-11H2,1-2H3,(H,17,19). The zero-order chi connectivity index (χ0) is 14.4. The van der Waals surface area contributed by atoms with Crippen molar-refractivity contribution in [2.45, 2.75) is 19.4 Å². The van der Waals surface area contributed by atoms with Crippen LogP contribution in [0.4, 0.5) is 5.69 Å². The van der Waals surface area contributed by atoms with Crippen molar-refractivity contribution in [2.75, 3.05) is 18.9 Å². The van der Waals surface area contributed by atoms with E-state index in [9.17, 15) is 4.79 Å². The Bertz CT molecular complexity index is 525. The first kappa shape index (κ1) is 14.8. The highest BCUT2D eigenvalue weighted by Gasteiger charge is 2.13. The van der Waals surface area contributed by atoms with Gasteiger partial charge in [-0.1, -0.05) is 24.3 Å². The van der Waals surface area contributed by atoms with E-state index in [1.165, 1.54) is 4.88 Å². The third-order valence-corrected chi connectivity index (χ3v) is 4.41. The maximum absolute atomic E-state index is 11.9. The van der Waals surface area contributed by atoms with Gasteiger partial charge in [-0.25, -0.2) is 0 Å². The molecule has 4 heteroatoms. The zero-order valence-corrected chi connectivity index (χ0v) is 12.7. The van der Waals surface area contributed by atoms with Crippen LogP contribution in [0.1, 0.15) is 24.3 Å². The highest BCUT2D eigenvalue weighted by molar-refractivity contribution is 7.10. The molecule has 106 valence electrons. The highest BCUT2D eigenvalue weighted by Crippen LogP contribution is 2.23. The molecule has 1 amide bonds. The fraction of sp³-hybridized carbons (Fsp3) is 0.312. The number of hydrogen-bond donors (Lipinski definition) is 1. The molecular weight excluding hydrogens is 268 g/mol. The van der Waals surface area contributed by atoms with E-state index in [2.05, 4.69) is 41.7 Å². The number of anilines is 1. The van der Waals surface area contributed by atoms with Gasteiger partial charge in [0, 0.05) is 29.6 Å². The van der Waals surface area contributed by atoms with Crippen LogP contribution in [0.5, 0.6) is 0 Å². The van der Waals surface area contributed by atoms with Gasteiger partial charge in [-0.15, -0.1) is 11.3 Å². The maximum atomic E-state index is 11.9. The summed E-state index contributed by atoms with van der Waals surface area (Å²) in [5.74, 6) is 0.0569. The molecule has 1 aromatic heterocycles. The lowest BCUT2D eigenvalue weighted by atomic mass is 10.2. The van der Waals surface area contributed by atoms with Gasteiger partial charge in [-0.2, -0.15) is 0 Å². The number of carbonyl (C=O) groups is 1. The number of rotatable bonds is 6. The summed E-state index contributed by atoms with van der Waals surface area (Å²) < 4.78 is 0. The molecule has 1 atom stereocenters. The average Bonchev–Trinajstić information content (AvgIpc) is 2.99. The van der Waals surface area contributed by atoms with Gasteiger partial charge in [0.05, 0.1) is 0 Å². The summed E-state index contributed by atoms with van der Waals surface area (Å²) in [7, 11) is 2.06. The van der Waals surface area contributed by atoms with Crippen molar-refractivity contribution in [3.63, 3.8) is 0 Å². The number of benzene rings is 1. The molecule has 0 aliphatic rings. The number of amides is 1. The predicted octanol–water partition coefficient (Wildman–Crippen LogP) is 3.77. The van der Waals surface area contributed by atoms with E-state index in [0.717, 1.165) is 12.2 Å². The first-order chi connectivity index (χ1) is 9.66. The second kappa shape index (κ2) is 7.22. The van der Waals surface area contributed by atoms with Crippen LogP contribution in [0.25, 0.3) is 0 Å². The summed E-state index contributed by atoms with van der Waals surface area (Å²) in [5.41, 5.74) is 0.853. The summed E-state index contributed by atoms with van der Waals surface area (Å²) in [6.45, 7) is 2.92. The van der Waals surface area contributed by atoms with Crippen molar-refractivity contribution in [1.82, 2.24) is 4.90 Å². The lowest BCUT2D eigenvalue weighted by Crippen LogP contribution is -2.26. The molecule has 0 saturated heterocycles. The zero-order valence-electron chi connectivity index (χ0n) is 11.9. The molecule has 2 aromatic rings.